The molecule has 0 spiro atoms. The van der Waals surface area contributed by atoms with Gasteiger partial charge in [-0.1, -0.05) is 10.6 Å². The minimum atomic E-state index is 0.382. The molecule has 5 heteroatoms. The largest absolute Gasteiger partial charge is 0.312 e. The third-order valence-electron chi connectivity index (χ3n) is 2.33. The quantitative estimate of drug-likeness (QED) is 0.871. The molecule has 2 aromatic heterocycles. The average molecular weight is 239 g/mol. The van der Waals surface area contributed by atoms with Crippen molar-refractivity contribution in [2.45, 2.75) is 18.9 Å². The number of nitrogens with zero attached hydrogens (tertiary/aromatic N) is 2. The van der Waals surface area contributed by atoms with Crippen molar-refractivity contribution in [3.05, 3.63) is 33.5 Å². The van der Waals surface area contributed by atoms with Gasteiger partial charge in [-0.15, -0.1) is 16.4 Å². The standard InChI is InChI=1S/C10H13N3S2/c1-11-9(10-7-12-13-15-10)5-4-8-3-2-6-14-8/h2-3,6-7,9,11H,4-5H2,1H3. The van der Waals surface area contributed by atoms with Crippen LogP contribution in [0.3, 0.4) is 0 Å². The lowest BCUT2D eigenvalue weighted by Crippen LogP contribution is -2.15. The maximum Gasteiger partial charge on any atom is 0.0669 e. The molecule has 0 aliphatic carbocycles. The van der Waals surface area contributed by atoms with Crippen LogP contribution in [0.4, 0.5) is 0 Å². The van der Waals surface area contributed by atoms with E-state index in [-0.39, 0.29) is 0 Å². The van der Waals surface area contributed by atoms with E-state index in [1.165, 1.54) is 21.3 Å². The number of aromatic nitrogens is 2. The van der Waals surface area contributed by atoms with E-state index in [1.807, 2.05) is 24.6 Å². The summed E-state index contributed by atoms with van der Waals surface area (Å²) in [5.41, 5.74) is 0. The molecule has 0 aliphatic heterocycles. The number of nitrogens with one attached hydrogen (secondary N) is 1. The van der Waals surface area contributed by atoms with Crippen molar-refractivity contribution >= 4 is 22.9 Å². The van der Waals surface area contributed by atoms with Crippen LogP contribution in [-0.4, -0.2) is 16.6 Å². The zero-order valence-corrected chi connectivity index (χ0v) is 10.1. The molecular formula is C10H13N3S2. The Morgan fingerprint density at radius 1 is 1.53 bits per heavy atom. The Morgan fingerprint density at radius 2 is 2.47 bits per heavy atom. The topological polar surface area (TPSA) is 37.8 Å². The van der Waals surface area contributed by atoms with Gasteiger partial charge in [-0.25, -0.2) is 0 Å². The maximum absolute atomic E-state index is 3.89. The molecule has 2 heterocycles. The zero-order valence-electron chi connectivity index (χ0n) is 8.51. The summed E-state index contributed by atoms with van der Waals surface area (Å²) in [5, 5.41) is 9.29. The molecule has 0 amide bonds. The van der Waals surface area contributed by atoms with Gasteiger partial charge >= 0.3 is 0 Å². The molecule has 0 aromatic carbocycles. The smallest absolute Gasteiger partial charge is 0.0669 e. The van der Waals surface area contributed by atoms with Gasteiger partial charge in [0.05, 0.1) is 11.1 Å². The Bertz CT molecular complexity index is 369. The summed E-state index contributed by atoms with van der Waals surface area (Å²) in [6, 6.07) is 4.66. The van der Waals surface area contributed by atoms with Crippen molar-refractivity contribution in [1.29, 1.82) is 0 Å². The van der Waals surface area contributed by atoms with Crippen molar-refractivity contribution in [1.82, 2.24) is 14.9 Å². The fourth-order valence-corrected chi connectivity index (χ4v) is 2.87. The molecule has 0 bridgehead atoms. The van der Waals surface area contributed by atoms with Crippen LogP contribution >= 0.6 is 22.9 Å². The zero-order chi connectivity index (χ0) is 10.5. The molecule has 1 N–H and O–H groups in total. The van der Waals surface area contributed by atoms with E-state index < -0.39 is 0 Å². The van der Waals surface area contributed by atoms with Crippen molar-refractivity contribution in [3.8, 4) is 0 Å². The first-order valence-electron chi connectivity index (χ1n) is 4.87. The second-order valence-electron chi connectivity index (χ2n) is 3.28. The van der Waals surface area contributed by atoms with Crippen LogP contribution in [0.15, 0.2) is 23.7 Å². The summed E-state index contributed by atoms with van der Waals surface area (Å²) in [4.78, 5) is 2.65. The minimum absolute atomic E-state index is 0.382. The molecule has 0 aliphatic rings. The molecule has 15 heavy (non-hydrogen) atoms. The lowest BCUT2D eigenvalue weighted by atomic mass is 10.1. The first kappa shape index (κ1) is 10.7. The second-order valence-corrected chi connectivity index (χ2v) is 5.13. The highest BCUT2D eigenvalue weighted by Crippen LogP contribution is 2.22. The summed E-state index contributed by atoms with van der Waals surface area (Å²) in [6.45, 7) is 0. The second kappa shape index (κ2) is 5.34. The fraction of sp³-hybridized carbons (Fsp3) is 0.400. The Hall–Kier alpha value is -0.780. The highest BCUT2D eigenvalue weighted by atomic mass is 32.1. The van der Waals surface area contributed by atoms with Crippen LogP contribution in [0, 0.1) is 0 Å². The number of hydrogen-bond donors (Lipinski definition) is 1. The van der Waals surface area contributed by atoms with Gasteiger partial charge in [-0.3, -0.25) is 0 Å². The normalized spacial score (nSPS) is 12.9. The molecule has 0 radical (unpaired) electrons. The Kier molecular flexibility index (Phi) is 3.82. The van der Waals surface area contributed by atoms with Gasteiger partial charge in [0.15, 0.2) is 0 Å². The molecule has 1 unspecified atom stereocenters. The Balaban J connectivity index is 1.92. The van der Waals surface area contributed by atoms with Crippen LogP contribution in [-0.2, 0) is 6.42 Å². The van der Waals surface area contributed by atoms with Crippen molar-refractivity contribution in [2.75, 3.05) is 7.05 Å². The van der Waals surface area contributed by atoms with Crippen LogP contribution < -0.4 is 5.32 Å². The molecule has 0 fully saturated rings. The van der Waals surface area contributed by atoms with Crippen LogP contribution in [0.1, 0.15) is 22.2 Å². The molecule has 80 valence electrons. The fourth-order valence-electron chi connectivity index (χ4n) is 1.50. The van der Waals surface area contributed by atoms with Crippen LogP contribution in [0.2, 0.25) is 0 Å². The van der Waals surface area contributed by atoms with Crippen molar-refractivity contribution in [2.24, 2.45) is 0 Å². The number of thiophene rings is 1. The SMILES string of the molecule is CNC(CCc1cccs1)c1cnns1. The van der Waals surface area contributed by atoms with Gasteiger partial charge < -0.3 is 5.32 Å². The van der Waals surface area contributed by atoms with Crippen molar-refractivity contribution in [3.63, 3.8) is 0 Å². The van der Waals surface area contributed by atoms with Gasteiger partial charge in [-0.2, -0.15) is 0 Å². The van der Waals surface area contributed by atoms with Gasteiger partial charge in [0.1, 0.15) is 0 Å². The van der Waals surface area contributed by atoms with Gasteiger partial charge in [0.2, 0.25) is 0 Å². The predicted molar refractivity (Wildman–Crippen MR) is 64.3 cm³/mol. The Morgan fingerprint density at radius 3 is 3.07 bits per heavy atom. The lowest BCUT2D eigenvalue weighted by Gasteiger charge is -2.12. The monoisotopic (exact) mass is 239 g/mol. The predicted octanol–water partition coefficient (Wildman–Crippen LogP) is 2.49. The van der Waals surface area contributed by atoms with E-state index in [0.29, 0.717) is 6.04 Å². The average Bonchev–Trinajstić information content (AvgIpc) is 2.90. The lowest BCUT2D eigenvalue weighted by molar-refractivity contribution is 0.559. The number of rotatable bonds is 5. The third-order valence-corrected chi connectivity index (χ3v) is 4.04. The van der Waals surface area contributed by atoms with Gasteiger partial charge in [0.25, 0.3) is 0 Å². The first-order chi connectivity index (χ1) is 7.40. The first-order valence-corrected chi connectivity index (χ1v) is 6.52. The van der Waals surface area contributed by atoms with E-state index in [4.69, 9.17) is 0 Å². The van der Waals surface area contributed by atoms with E-state index in [2.05, 4.69) is 32.4 Å². The number of hydrogen-bond acceptors (Lipinski definition) is 5. The highest BCUT2D eigenvalue weighted by Gasteiger charge is 2.11. The highest BCUT2D eigenvalue weighted by molar-refractivity contribution is 7.09. The maximum atomic E-state index is 3.89. The molecule has 0 saturated carbocycles. The third kappa shape index (κ3) is 2.84. The molecule has 2 aromatic rings. The summed E-state index contributed by atoms with van der Waals surface area (Å²) in [7, 11) is 1.98. The Labute approximate surface area is 97.3 Å². The molecule has 2 rings (SSSR count). The van der Waals surface area contributed by atoms with Crippen LogP contribution in [0.5, 0.6) is 0 Å². The van der Waals surface area contributed by atoms with Crippen LogP contribution in [0.25, 0.3) is 0 Å². The molecule has 1 atom stereocenters. The minimum Gasteiger partial charge on any atom is -0.312 e. The van der Waals surface area contributed by atoms with Gasteiger partial charge in [-0.05, 0) is 42.9 Å². The van der Waals surface area contributed by atoms with Gasteiger partial charge in [0, 0.05) is 10.9 Å². The molecule has 0 saturated heterocycles. The summed E-state index contributed by atoms with van der Waals surface area (Å²) in [5.74, 6) is 0. The van der Waals surface area contributed by atoms with E-state index in [0.717, 1.165) is 12.8 Å². The summed E-state index contributed by atoms with van der Waals surface area (Å²) < 4.78 is 3.89. The molecular weight excluding hydrogens is 226 g/mol. The van der Waals surface area contributed by atoms with E-state index in [1.54, 1.807) is 0 Å². The van der Waals surface area contributed by atoms with E-state index >= 15 is 0 Å². The summed E-state index contributed by atoms with van der Waals surface area (Å²) >= 11 is 3.29. The van der Waals surface area contributed by atoms with E-state index in [9.17, 15) is 0 Å². The number of aryl methyl sites for hydroxylation is 1. The summed E-state index contributed by atoms with van der Waals surface area (Å²) in [6.07, 6.45) is 4.06. The molecule has 3 nitrogen and oxygen atoms in total. The van der Waals surface area contributed by atoms with Crippen molar-refractivity contribution < 1.29 is 0 Å².